The topological polar surface area (TPSA) is 32.3 Å². The van der Waals surface area contributed by atoms with E-state index in [-0.39, 0.29) is 16.9 Å². The summed E-state index contributed by atoms with van der Waals surface area (Å²) in [6.07, 6.45) is 5.21. The van der Waals surface area contributed by atoms with Gasteiger partial charge in [0, 0.05) is 12.1 Å². The van der Waals surface area contributed by atoms with E-state index in [4.69, 9.17) is 0 Å². The molecule has 0 saturated heterocycles. The van der Waals surface area contributed by atoms with Crippen LogP contribution in [0.5, 0.6) is 0 Å². The Morgan fingerprint density at radius 2 is 2.05 bits per heavy atom. The van der Waals surface area contributed by atoms with E-state index in [1.54, 1.807) is 0 Å². The molecule has 3 atom stereocenters. The minimum absolute atomic E-state index is 0.178. The Bertz CT molecular complexity index is 372. The standard InChI is InChI=1S/C18H34N2O/c1-8-14-10-11-15(13-20(7)9-2)18(6,12-14)16(21)19-17(3,4)5/h8,14-15H,1,9-13H2,2-7H3,(H,19,21)/t14-,15+,18+/m1/s1. The van der Waals surface area contributed by atoms with Gasteiger partial charge < -0.3 is 10.2 Å². The third kappa shape index (κ3) is 4.84. The Morgan fingerprint density at radius 1 is 1.43 bits per heavy atom. The van der Waals surface area contributed by atoms with Crippen molar-refractivity contribution in [1.82, 2.24) is 10.2 Å². The minimum atomic E-state index is -0.298. The first-order valence-electron chi connectivity index (χ1n) is 8.26. The van der Waals surface area contributed by atoms with Crippen LogP contribution in [-0.4, -0.2) is 36.5 Å². The fraction of sp³-hybridized carbons (Fsp3) is 0.833. The molecule has 1 rings (SSSR count). The Kier molecular flexibility index (Phi) is 6.03. The van der Waals surface area contributed by atoms with Crippen molar-refractivity contribution in [2.24, 2.45) is 17.3 Å². The van der Waals surface area contributed by atoms with Crippen molar-refractivity contribution in [2.75, 3.05) is 20.1 Å². The molecule has 122 valence electrons. The van der Waals surface area contributed by atoms with E-state index in [0.717, 1.165) is 32.4 Å². The molecular formula is C18H34N2O. The van der Waals surface area contributed by atoms with Crippen LogP contribution >= 0.6 is 0 Å². The molecule has 3 nitrogen and oxygen atoms in total. The predicted molar refractivity (Wildman–Crippen MR) is 90.2 cm³/mol. The summed E-state index contributed by atoms with van der Waals surface area (Å²) in [5, 5.41) is 3.20. The van der Waals surface area contributed by atoms with E-state index in [1.165, 1.54) is 0 Å². The van der Waals surface area contributed by atoms with Crippen molar-refractivity contribution >= 4 is 5.91 Å². The number of carbonyl (C=O) groups is 1. The highest BCUT2D eigenvalue weighted by molar-refractivity contribution is 5.83. The maximum absolute atomic E-state index is 12.9. The molecule has 0 radical (unpaired) electrons. The monoisotopic (exact) mass is 294 g/mol. The second kappa shape index (κ2) is 6.95. The Labute approximate surface area is 131 Å². The number of rotatable bonds is 5. The first-order valence-corrected chi connectivity index (χ1v) is 8.26. The zero-order chi connectivity index (χ0) is 16.3. The number of amides is 1. The summed E-state index contributed by atoms with van der Waals surface area (Å²) in [7, 11) is 2.14. The molecule has 1 amide bonds. The molecule has 0 aromatic heterocycles. The molecule has 1 saturated carbocycles. The second-order valence-corrected chi connectivity index (χ2v) is 7.95. The van der Waals surface area contributed by atoms with E-state index in [1.807, 2.05) is 6.08 Å². The molecule has 1 fully saturated rings. The molecule has 0 aromatic rings. The summed E-state index contributed by atoms with van der Waals surface area (Å²) < 4.78 is 0. The summed E-state index contributed by atoms with van der Waals surface area (Å²) >= 11 is 0. The lowest BCUT2D eigenvalue weighted by Gasteiger charge is -2.45. The molecular weight excluding hydrogens is 260 g/mol. The fourth-order valence-corrected chi connectivity index (χ4v) is 3.31. The lowest BCUT2D eigenvalue weighted by atomic mass is 9.63. The number of hydrogen-bond acceptors (Lipinski definition) is 2. The molecule has 1 aliphatic carbocycles. The zero-order valence-corrected chi connectivity index (χ0v) is 14.8. The summed E-state index contributed by atoms with van der Waals surface area (Å²) in [6.45, 7) is 16.4. The maximum atomic E-state index is 12.9. The molecule has 0 bridgehead atoms. The highest BCUT2D eigenvalue weighted by Gasteiger charge is 2.46. The van der Waals surface area contributed by atoms with Gasteiger partial charge in [-0.3, -0.25) is 4.79 Å². The van der Waals surface area contributed by atoms with Crippen molar-refractivity contribution in [3.05, 3.63) is 12.7 Å². The Morgan fingerprint density at radius 3 is 2.52 bits per heavy atom. The molecule has 0 heterocycles. The van der Waals surface area contributed by atoms with E-state index >= 15 is 0 Å². The van der Waals surface area contributed by atoms with Crippen molar-refractivity contribution in [2.45, 2.75) is 59.4 Å². The SMILES string of the molecule is C=C[C@@H]1CC[C@@H](CN(C)CC)[C@@](C)(C(=O)NC(C)(C)C)C1. The van der Waals surface area contributed by atoms with Crippen LogP contribution < -0.4 is 5.32 Å². The second-order valence-electron chi connectivity index (χ2n) is 7.95. The molecule has 0 aromatic carbocycles. The van der Waals surface area contributed by atoms with Crippen LogP contribution in [0.15, 0.2) is 12.7 Å². The predicted octanol–water partition coefficient (Wildman–Crippen LogP) is 3.46. The van der Waals surface area contributed by atoms with Crippen LogP contribution in [0.1, 0.15) is 53.9 Å². The smallest absolute Gasteiger partial charge is 0.226 e. The molecule has 0 aliphatic heterocycles. The van der Waals surface area contributed by atoms with E-state index in [0.29, 0.717) is 11.8 Å². The molecule has 0 unspecified atom stereocenters. The lowest BCUT2D eigenvalue weighted by Crippen LogP contribution is -2.54. The summed E-state index contributed by atoms with van der Waals surface area (Å²) in [4.78, 5) is 15.2. The quantitative estimate of drug-likeness (QED) is 0.788. The number of allylic oxidation sites excluding steroid dienone is 1. The van der Waals surface area contributed by atoms with Crippen LogP contribution in [-0.2, 0) is 4.79 Å². The summed E-state index contributed by atoms with van der Waals surface area (Å²) in [6, 6.07) is 0. The molecule has 1 aliphatic rings. The third-order valence-corrected chi connectivity index (χ3v) is 4.89. The average Bonchev–Trinajstić information content (AvgIpc) is 2.38. The lowest BCUT2D eigenvalue weighted by molar-refractivity contribution is -0.138. The van der Waals surface area contributed by atoms with Gasteiger partial charge in [0.2, 0.25) is 5.91 Å². The molecule has 21 heavy (non-hydrogen) atoms. The van der Waals surface area contributed by atoms with Gasteiger partial charge >= 0.3 is 0 Å². The molecule has 0 spiro atoms. The summed E-state index contributed by atoms with van der Waals surface area (Å²) in [5.41, 5.74) is -0.476. The number of nitrogens with one attached hydrogen (secondary N) is 1. The van der Waals surface area contributed by atoms with Gasteiger partial charge in [0.05, 0.1) is 5.41 Å². The minimum Gasteiger partial charge on any atom is -0.351 e. The molecule has 3 heteroatoms. The number of nitrogens with zero attached hydrogens (tertiary/aromatic N) is 1. The highest BCUT2D eigenvalue weighted by Crippen LogP contribution is 2.44. The Hall–Kier alpha value is -0.830. The van der Waals surface area contributed by atoms with Crippen molar-refractivity contribution < 1.29 is 4.79 Å². The van der Waals surface area contributed by atoms with Crippen molar-refractivity contribution in [3.63, 3.8) is 0 Å². The number of hydrogen-bond donors (Lipinski definition) is 1. The van der Waals surface area contributed by atoms with Crippen LogP contribution in [0.25, 0.3) is 0 Å². The van der Waals surface area contributed by atoms with Crippen molar-refractivity contribution in [1.29, 1.82) is 0 Å². The van der Waals surface area contributed by atoms with E-state index in [2.05, 4.69) is 58.5 Å². The van der Waals surface area contributed by atoms with Gasteiger partial charge in [-0.05, 0) is 65.5 Å². The number of carbonyl (C=O) groups excluding carboxylic acids is 1. The third-order valence-electron chi connectivity index (χ3n) is 4.89. The van der Waals surface area contributed by atoms with E-state index in [9.17, 15) is 4.79 Å². The van der Waals surface area contributed by atoms with Crippen LogP contribution in [0.3, 0.4) is 0 Å². The van der Waals surface area contributed by atoms with Crippen LogP contribution in [0.4, 0.5) is 0 Å². The van der Waals surface area contributed by atoms with Crippen LogP contribution in [0.2, 0.25) is 0 Å². The Balaban J connectivity index is 2.95. The molecule has 1 N–H and O–H groups in total. The van der Waals surface area contributed by atoms with Gasteiger partial charge in [-0.25, -0.2) is 0 Å². The van der Waals surface area contributed by atoms with E-state index < -0.39 is 0 Å². The normalized spacial score (nSPS) is 30.2. The van der Waals surface area contributed by atoms with Crippen molar-refractivity contribution in [3.8, 4) is 0 Å². The van der Waals surface area contributed by atoms with Gasteiger partial charge in [0.15, 0.2) is 0 Å². The zero-order valence-electron chi connectivity index (χ0n) is 14.8. The average molecular weight is 294 g/mol. The summed E-state index contributed by atoms with van der Waals surface area (Å²) in [5.74, 6) is 1.08. The fourth-order valence-electron chi connectivity index (χ4n) is 3.31. The van der Waals surface area contributed by atoms with Gasteiger partial charge in [-0.2, -0.15) is 0 Å². The largest absolute Gasteiger partial charge is 0.351 e. The van der Waals surface area contributed by atoms with Gasteiger partial charge in [0.1, 0.15) is 0 Å². The maximum Gasteiger partial charge on any atom is 0.226 e. The van der Waals surface area contributed by atoms with Crippen LogP contribution in [0, 0.1) is 17.3 Å². The van der Waals surface area contributed by atoms with Gasteiger partial charge in [0.25, 0.3) is 0 Å². The van der Waals surface area contributed by atoms with Gasteiger partial charge in [-0.15, -0.1) is 6.58 Å². The first-order chi connectivity index (χ1) is 9.62. The van der Waals surface area contributed by atoms with Gasteiger partial charge in [-0.1, -0.05) is 19.9 Å². The highest BCUT2D eigenvalue weighted by atomic mass is 16.2. The first kappa shape index (κ1) is 18.2.